The third-order valence-corrected chi connectivity index (χ3v) is 3.36. The fourth-order valence-electron chi connectivity index (χ4n) is 1.47. The van der Waals surface area contributed by atoms with E-state index in [4.69, 9.17) is 11.6 Å². The second kappa shape index (κ2) is 5.97. The van der Waals surface area contributed by atoms with Gasteiger partial charge in [0, 0.05) is 11.9 Å². The molecule has 0 bridgehead atoms. The van der Waals surface area contributed by atoms with Gasteiger partial charge in [-0.15, -0.1) is 11.3 Å². The second-order valence-corrected chi connectivity index (χ2v) is 4.83. The average Bonchev–Trinajstić information content (AvgIpc) is 2.87. The lowest BCUT2D eigenvalue weighted by Crippen LogP contribution is -2.24. The molecule has 0 fully saturated rings. The van der Waals surface area contributed by atoms with Crippen molar-refractivity contribution in [2.75, 3.05) is 5.32 Å². The molecule has 0 aliphatic carbocycles. The highest BCUT2D eigenvalue weighted by molar-refractivity contribution is 7.07. The van der Waals surface area contributed by atoms with Crippen LogP contribution in [0.4, 0.5) is 5.69 Å². The number of rotatable bonds is 5. The molecule has 2 aromatic heterocycles. The summed E-state index contributed by atoms with van der Waals surface area (Å²) in [5.74, 6) is 0. The van der Waals surface area contributed by atoms with Crippen LogP contribution in [0.1, 0.15) is 19.0 Å². The molecule has 0 aromatic carbocycles. The van der Waals surface area contributed by atoms with Gasteiger partial charge in [0.1, 0.15) is 5.02 Å². The van der Waals surface area contributed by atoms with Gasteiger partial charge in [0.15, 0.2) is 0 Å². The zero-order chi connectivity index (χ0) is 13.0. The lowest BCUT2D eigenvalue weighted by molar-refractivity contribution is 0.568. The molecule has 2 aromatic rings. The Hall–Kier alpha value is -1.40. The van der Waals surface area contributed by atoms with Crippen LogP contribution in [0.15, 0.2) is 21.9 Å². The summed E-state index contributed by atoms with van der Waals surface area (Å²) in [5.41, 5.74) is 2.95. The van der Waals surface area contributed by atoms with Gasteiger partial charge in [0.05, 0.1) is 29.6 Å². The van der Waals surface area contributed by atoms with Crippen molar-refractivity contribution in [3.05, 3.63) is 38.2 Å². The highest BCUT2D eigenvalue weighted by Crippen LogP contribution is 2.16. The maximum Gasteiger partial charge on any atom is 0.287 e. The fraction of sp³-hybridized carbons (Fsp3) is 0.364. The van der Waals surface area contributed by atoms with Gasteiger partial charge in [-0.25, -0.2) is 9.67 Å². The zero-order valence-corrected chi connectivity index (χ0v) is 11.5. The van der Waals surface area contributed by atoms with E-state index in [9.17, 15) is 4.79 Å². The molecule has 1 N–H and O–H groups in total. The molecule has 0 aliphatic rings. The summed E-state index contributed by atoms with van der Waals surface area (Å²) in [5, 5.41) is 9.24. The lowest BCUT2D eigenvalue weighted by atomic mass is 10.4. The first-order valence-electron chi connectivity index (χ1n) is 5.59. The van der Waals surface area contributed by atoms with Gasteiger partial charge in [0.25, 0.3) is 5.56 Å². The molecule has 0 spiro atoms. The van der Waals surface area contributed by atoms with Crippen molar-refractivity contribution in [1.82, 2.24) is 14.8 Å². The van der Waals surface area contributed by atoms with Gasteiger partial charge in [-0.3, -0.25) is 4.79 Å². The molecule has 2 heterocycles. The SMILES string of the molecule is CCCn1ncc(NCc2cscn2)c(Cl)c1=O. The van der Waals surface area contributed by atoms with Crippen molar-refractivity contribution in [2.24, 2.45) is 0 Å². The van der Waals surface area contributed by atoms with Gasteiger partial charge in [-0.2, -0.15) is 5.10 Å². The lowest BCUT2D eigenvalue weighted by Gasteiger charge is -2.08. The predicted molar refractivity (Wildman–Crippen MR) is 73.2 cm³/mol. The highest BCUT2D eigenvalue weighted by atomic mass is 35.5. The van der Waals surface area contributed by atoms with E-state index in [0.717, 1.165) is 12.1 Å². The summed E-state index contributed by atoms with van der Waals surface area (Å²) in [6, 6.07) is 0. The minimum absolute atomic E-state index is 0.175. The molecular formula is C11H13ClN4OS. The maximum absolute atomic E-state index is 11.9. The summed E-state index contributed by atoms with van der Waals surface area (Å²) in [7, 11) is 0. The molecule has 5 nitrogen and oxygen atoms in total. The van der Waals surface area contributed by atoms with Gasteiger partial charge in [-0.1, -0.05) is 18.5 Å². The van der Waals surface area contributed by atoms with Crippen LogP contribution in [0.3, 0.4) is 0 Å². The van der Waals surface area contributed by atoms with E-state index in [1.165, 1.54) is 16.0 Å². The van der Waals surface area contributed by atoms with Crippen LogP contribution in [-0.4, -0.2) is 14.8 Å². The van der Waals surface area contributed by atoms with E-state index >= 15 is 0 Å². The van der Waals surface area contributed by atoms with E-state index in [2.05, 4.69) is 15.4 Å². The van der Waals surface area contributed by atoms with E-state index in [-0.39, 0.29) is 10.6 Å². The standard InChI is InChI=1S/C11H13ClN4OS/c1-2-3-16-11(17)10(12)9(5-15-16)13-4-8-6-18-7-14-8/h5-7,13H,2-4H2,1H3. The Morgan fingerprint density at radius 2 is 2.39 bits per heavy atom. The number of halogens is 1. The number of hydrogen-bond donors (Lipinski definition) is 1. The molecule has 0 amide bonds. The number of nitrogens with one attached hydrogen (secondary N) is 1. The van der Waals surface area contributed by atoms with Crippen LogP contribution >= 0.6 is 22.9 Å². The second-order valence-electron chi connectivity index (χ2n) is 3.73. The Bertz CT molecular complexity index is 567. The number of hydrogen-bond acceptors (Lipinski definition) is 5. The van der Waals surface area contributed by atoms with Crippen molar-refractivity contribution >= 4 is 28.6 Å². The van der Waals surface area contributed by atoms with Crippen LogP contribution in [0.2, 0.25) is 5.02 Å². The minimum Gasteiger partial charge on any atom is -0.377 e. The molecule has 7 heteroatoms. The quantitative estimate of drug-likeness (QED) is 0.916. The first kappa shape index (κ1) is 13.0. The monoisotopic (exact) mass is 284 g/mol. The Balaban J connectivity index is 2.14. The number of aromatic nitrogens is 3. The summed E-state index contributed by atoms with van der Waals surface area (Å²) in [6.45, 7) is 3.09. The highest BCUT2D eigenvalue weighted by Gasteiger charge is 2.08. The first-order valence-corrected chi connectivity index (χ1v) is 6.91. The summed E-state index contributed by atoms with van der Waals surface area (Å²) in [4.78, 5) is 16.0. The number of thiazole rings is 1. The topological polar surface area (TPSA) is 59.8 Å². The molecule has 18 heavy (non-hydrogen) atoms. The minimum atomic E-state index is -0.262. The van der Waals surface area contributed by atoms with Crippen molar-refractivity contribution in [3.63, 3.8) is 0 Å². The Kier molecular flexibility index (Phi) is 4.33. The molecule has 0 radical (unpaired) electrons. The van der Waals surface area contributed by atoms with Crippen LogP contribution in [0.5, 0.6) is 0 Å². The summed E-state index contributed by atoms with van der Waals surface area (Å²) >= 11 is 7.55. The molecule has 0 saturated carbocycles. The Labute approximate surface area is 113 Å². The molecule has 2 rings (SSSR count). The van der Waals surface area contributed by atoms with Gasteiger partial charge in [0.2, 0.25) is 0 Å². The molecular weight excluding hydrogens is 272 g/mol. The Morgan fingerprint density at radius 1 is 1.56 bits per heavy atom. The van der Waals surface area contributed by atoms with E-state index in [1.807, 2.05) is 12.3 Å². The predicted octanol–water partition coefficient (Wildman–Crippen LogP) is 2.38. The smallest absolute Gasteiger partial charge is 0.287 e. The molecule has 0 aliphatic heterocycles. The fourth-order valence-corrected chi connectivity index (χ4v) is 2.24. The molecule has 96 valence electrons. The van der Waals surface area contributed by atoms with Gasteiger partial charge < -0.3 is 5.32 Å². The zero-order valence-electron chi connectivity index (χ0n) is 9.89. The normalized spacial score (nSPS) is 10.6. The summed E-state index contributed by atoms with van der Waals surface area (Å²) < 4.78 is 1.37. The van der Waals surface area contributed by atoms with Crippen LogP contribution in [0.25, 0.3) is 0 Å². The number of nitrogens with zero attached hydrogens (tertiary/aromatic N) is 3. The molecule has 0 unspecified atom stereocenters. The van der Waals surface area contributed by atoms with Crippen LogP contribution in [0, 0.1) is 0 Å². The maximum atomic E-state index is 11.9. The average molecular weight is 285 g/mol. The number of anilines is 1. The molecule has 0 saturated heterocycles. The van der Waals surface area contributed by atoms with Crippen molar-refractivity contribution in [2.45, 2.75) is 26.4 Å². The number of aryl methyl sites for hydroxylation is 1. The van der Waals surface area contributed by atoms with E-state index < -0.39 is 0 Å². The Morgan fingerprint density at radius 3 is 3.06 bits per heavy atom. The van der Waals surface area contributed by atoms with Crippen molar-refractivity contribution in [1.29, 1.82) is 0 Å². The first-order chi connectivity index (χ1) is 8.72. The molecule has 0 atom stereocenters. The van der Waals surface area contributed by atoms with Crippen LogP contribution in [-0.2, 0) is 13.1 Å². The van der Waals surface area contributed by atoms with Crippen LogP contribution < -0.4 is 10.9 Å². The van der Waals surface area contributed by atoms with E-state index in [0.29, 0.717) is 18.8 Å². The van der Waals surface area contributed by atoms with Crippen molar-refractivity contribution < 1.29 is 0 Å². The van der Waals surface area contributed by atoms with Gasteiger partial charge in [-0.05, 0) is 6.42 Å². The van der Waals surface area contributed by atoms with Gasteiger partial charge >= 0.3 is 0 Å². The van der Waals surface area contributed by atoms with Crippen molar-refractivity contribution in [3.8, 4) is 0 Å². The third-order valence-electron chi connectivity index (χ3n) is 2.36. The summed E-state index contributed by atoms with van der Waals surface area (Å²) in [6.07, 6.45) is 2.42. The van der Waals surface area contributed by atoms with E-state index in [1.54, 1.807) is 11.7 Å². The largest absolute Gasteiger partial charge is 0.377 e. The third kappa shape index (κ3) is 2.88.